The van der Waals surface area contributed by atoms with Gasteiger partial charge in [-0.3, -0.25) is 14.5 Å². The molecule has 134 valence electrons. The summed E-state index contributed by atoms with van der Waals surface area (Å²) in [6.07, 6.45) is 0.376. The zero-order valence-electron chi connectivity index (χ0n) is 14.0. The fourth-order valence-corrected chi connectivity index (χ4v) is 3.32. The van der Waals surface area contributed by atoms with E-state index in [9.17, 15) is 14.4 Å². The SMILES string of the molecule is CCC1(c2ccc(Cl)cc2)NC(=O)N(CC(=O)N2CCOCC2)C1=O. The van der Waals surface area contributed by atoms with E-state index in [1.165, 1.54) is 0 Å². The van der Waals surface area contributed by atoms with Crippen molar-refractivity contribution >= 4 is 29.4 Å². The molecule has 2 aliphatic heterocycles. The maximum Gasteiger partial charge on any atom is 0.325 e. The minimum atomic E-state index is -1.16. The van der Waals surface area contributed by atoms with E-state index < -0.39 is 17.5 Å². The monoisotopic (exact) mass is 365 g/mol. The van der Waals surface area contributed by atoms with Gasteiger partial charge in [0, 0.05) is 18.1 Å². The molecule has 25 heavy (non-hydrogen) atoms. The van der Waals surface area contributed by atoms with E-state index in [4.69, 9.17) is 16.3 Å². The zero-order valence-corrected chi connectivity index (χ0v) is 14.7. The van der Waals surface area contributed by atoms with Crippen molar-refractivity contribution in [3.63, 3.8) is 0 Å². The van der Waals surface area contributed by atoms with E-state index in [0.717, 1.165) is 4.90 Å². The van der Waals surface area contributed by atoms with Gasteiger partial charge in [-0.2, -0.15) is 0 Å². The number of urea groups is 1. The first-order valence-corrected chi connectivity index (χ1v) is 8.61. The quantitative estimate of drug-likeness (QED) is 0.817. The van der Waals surface area contributed by atoms with Crippen molar-refractivity contribution in [2.75, 3.05) is 32.8 Å². The molecule has 3 rings (SSSR count). The molecule has 7 nitrogen and oxygen atoms in total. The Morgan fingerprint density at radius 1 is 1.24 bits per heavy atom. The lowest BCUT2D eigenvalue weighted by Crippen LogP contribution is -2.48. The molecule has 1 aromatic rings. The highest BCUT2D eigenvalue weighted by atomic mass is 35.5. The average molecular weight is 366 g/mol. The number of carbonyl (C=O) groups excluding carboxylic acids is 3. The lowest BCUT2D eigenvalue weighted by atomic mass is 9.87. The standard InChI is InChI=1S/C17H20ClN3O4/c1-2-17(12-3-5-13(18)6-4-12)15(23)21(16(24)19-17)11-14(22)20-7-9-25-10-8-20/h3-6H,2,7-11H2,1H3,(H,19,24). The van der Waals surface area contributed by atoms with E-state index >= 15 is 0 Å². The number of imide groups is 1. The van der Waals surface area contributed by atoms with E-state index in [1.54, 1.807) is 29.2 Å². The largest absolute Gasteiger partial charge is 0.378 e. The smallest absolute Gasteiger partial charge is 0.325 e. The molecule has 2 heterocycles. The molecule has 8 heteroatoms. The summed E-state index contributed by atoms with van der Waals surface area (Å²) in [5, 5.41) is 3.31. The number of nitrogens with one attached hydrogen (secondary N) is 1. The molecule has 2 fully saturated rings. The van der Waals surface area contributed by atoms with Gasteiger partial charge in [-0.05, 0) is 24.1 Å². The van der Waals surface area contributed by atoms with Crippen LogP contribution in [0, 0.1) is 0 Å². The van der Waals surface area contributed by atoms with Crippen molar-refractivity contribution in [1.82, 2.24) is 15.1 Å². The van der Waals surface area contributed by atoms with Crippen molar-refractivity contribution in [2.45, 2.75) is 18.9 Å². The molecule has 1 N–H and O–H groups in total. The van der Waals surface area contributed by atoms with Gasteiger partial charge in [0.1, 0.15) is 12.1 Å². The van der Waals surface area contributed by atoms with Crippen LogP contribution in [-0.2, 0) is 19.9 Å². The van der Waals surface area contributed by atoms with E-state index in [1.807, 2.05) is 6.92 Å². The fraction of sp³-hybridized carbons (Fsp3) is 0.471. The summed E-state index contributed by atoms with van der Waals surface area (Å²) in [6, 6.07) is 6.24. The molecule has 2 saturated heterocycles. The van der Waals surface area contributed by atoms with E-state index in [-0.39, 0.29) is 12.5 Å². The van der Waals surface area contributed by atoms with Crippen molar-refractivity contribution in [3.05, 3.63) is 34.9 Å². The third-order valence-corrected chi connectivity index (χ3v) is 4.95. The summed E-state index contributed by atoms with van der Waals surface area (Å²) in [5.74, 6) is -0.668. The van der Waals surface area contributed by atoms with Crippen LogP contribution in [0.4, 0.5) is 4.79 Å². The van der Waals surface area contributed by atoms with Crippen LogP contribution in [0.1, 0.15) is 18.9 Å². The Balaban J connectivity index is 1.80. The third-order valence-electron chi connectivity index (χ3n) is 4.70. The maximum atomic E-state index is 13.0. The number of benzene rings is 1. The lowest BCUT2D eigenvalue weighted by molar-refractivity contribution is -0.141. The molecule has 1 unspecified atom stereocenters. The predicted octanol–water partition coefficient (Wildman–Crippen LogP) is 1.36. The normalized spacial score (nSPS) is 23.8. The Bertz CT molecular complexity index is 688. The number of hydrogen-bond acceptors (Lipinski definition) is 4. The molecular formula is C17H20ClN3O4. The van der Waals surface area contributed by atoms with Crippen molar-refractivity contribution in [1.29, 1.82) is 0 Å². The van der Waals surface area contributed by atoms with Gasteiger partial charge in [0.2, 0.25) is 5.91 Å². The predicted molar refractivity (Wildman–Crippen MR) is 91.1 cm³/mol. The van der Waals surface area contributed by atoms with Gasteiger partial charge in [-0.1, -0.05) is 30.7 Å². The highest BCUT2D eigenvalue weighted by molar-refractivity contribution is 6.30. The second-order valence-electron chi connectivity index (χ2n) is 6.08. The number of ether oxygens (including phenoxy) is 1. The molecule has 0 aliphatic carbocycles. The summed E-state index contributed by atoms with van der Waals surface area (Å²) in [5.41, 5.74) is -0.508. The number of amides is 4. The zero-order chi connectivity index (χ0) is 18.0. The molecule has 0 radical (unpaired) electrons. The maximum absolute atomic E-state index is 13.0. The first-order valence-electron chi connectivity index (χ1n) is 8.23. The summed E-state index contributed by atoms with van der Waals surface area (Å²) in [7, 11) is 0. The van der Waals surface area contributed by atoms with Crippen LogP contribution in [-0.4, -0.2) is 60.5 Å². The molecule has 0 spiro atoms. The third kappa shape index (κ3) is 3.21. The molecule has 0 bridgehead atoms. The van der Waals surface area contributed by atoms with Crippen LogP contribution in [0.2, 0.25) is 5.02 Å². The van der Waals surface area contributed by atoms with Gasteiger partial charge in [0.05, 0.1) is 13.2 Å². The summed E-state index contributed by atoms with van der Waals surface area (Å²) < 4.78 is 5.22. The first kappa shape index (κ1) is 17.7. The van der Waals surface area contributed by atoms with Crippen LogP contribution in [0.5, 0.6) is 0 Å². The van der Waals surface area contributed by atoms with Crippen LogP contribution < -0.4 is 5.32 Å². The summed E-state index contributed by atoms with van der Waals surface area (Å²) in [6.45, 7) is 3.43. The first-order chi connectivity index (χ1) is 12.0. The molecular weight excluding hydrogens is 346 g/mol. The van der Waals surface area contributed by atoms with Gasteiger partial charge in [0.25, 0.3) is 5.91 Å². The second kappa shape index (κ2) is 7.01. The molecule has 2 aliphatic rings. The molecule has 1 atom stereocenters. The topological polar surface area (TPSA) is 79.0 Å². The van der Waals surface area contributed by atoms with Crippen LogP contribution in [0.15, 0.2) is 24.3 Å². The van der Waals surface area contributed by atoms with E-state index in [0.29, 0.717) is 43.3 Å². The number of rotatable bonds is 4. The Kier molecular flexibility index (Phi) is 4.96. The number of carbonyl (C=O) groups is 3. The van der Waals surface area contributed by atoms with Crippen LogP contribution in [0.25, 0.3) is 0 Å². The Hall–Kier alpha value is -2.12. The lowest BCUT2D eigenvalue weighted by Gasteiger charge is -2.29. The average Bonchev–Trinajstić information content (AvgIpc) is 2.88. The highest BCUT2D eigenvalue weighted by Crippen LogP contribution is 2.33. The fourth-order valence-electron chi connectivity index (χ4n) is 3.19. The van der Waals surface area contributed by atoms with Crippen molar-refractivity contribution < 1.29 is 19.1 Å². The van der Waals surface area contributed by atoms with Crippen molar-refractivity contribution in [3.8, 4) is 0 Å². The van der Waals surface area contributed by atoms with Crippen LogP contribution >= 0.6 is 11.6 Å². The molecule has 1 aromatic carbocycles. The molecule has 0 aromatic heterocycles. The van der Waals surface area contributed by atoms with Gasteiger partial charge < -0.3 is 15.0 Å². The van der Waals surface area contributed by atoms with Gasteiger partial charge in [-0.15, -0.1) is 0 Å². The minimum absolute atomic E-state index is 0.255. The summed E-state index contributed by atoms with van der Waals surface area (Å²) >= 11 is 5.91. The molecule has 0 saturated carbocycles. The van der Waals surface area contributed by atoms with Crippen molar-refractivity contribution in [2.24, 2.45) is 0 Å². The second-order valence-corrected chi connectivity index (χ2v) is 6.52. The van der Waals surface area contributed by atoms with Gasteiger partial charge in [0.15, 0.2) is 0 Å². The summed E-state index contributed by atoms with van der Waals surface area (Å²) in [4.78, 5) is 40.4. The number of hydrogen-bond donors (Lipinski definition) is 1. The Labute approximate surface area is 150 Å². The Morgan fingerprint density at radius 3 is 2.48 bits per heavy atom. The number of nitrogens with zero attached hydrogens (tertiary/aromatic N) is 2. The Morgan fingerprint density at radius 2 is 1.88 bits per heavy atom. The van der Waals surface area contributed by atoms with Gasteiger partial charge in [-0.25, -0.2) is 4.79 Å². The van der Waals surface area contributed by atoms with Crippen LogP contribution in [0.3, 0.4) is 0 Å². The minimum Gasteiger partial charge on any atom is -0.378 e. The van der Waals surface area contributed by atoms with Gasteiger partial charge >= 0.3 is 6.03 Å². The number of morpholine rings is 1. The highest BCUT2D eigenvalue weighted by Gasteiger charge is 2.51. The van der Waals surface area contributed by atoms with E-state index in [2.05, 4.69) is 5.32 Å². The molecule has 4 amide bonds. The number of halogens is 1.